The summed E-state index contributed by atoms with van der Waals surface area (Å²) < 4.78 is 5.50. The second-order valence-electron chi connectivity index (χ2n) is 7.02. The predicted molar refractivity (Wildman–Crippen MR) is 131 cm³/mol. The highest BCUT2D eigenvalue weighted by molar-refractivity contribution is 6.30. The van der Waals surface area contributed by atoms with Crippen molar-refractivity contribution in [3.05, 3.63) is 58.6 Å². The summed E-state index contributed by atoms with van der Waals surface area (Å²) in [6, 6.07) is 14.8. The summed E-state index contributed by atoms with van der Waals surface area (Å²) >= 11 is 12.0. The molecule has 0 saturated carbocycles. The van der Waals surface area contributed by atoms with E-state index in [1.54, 1.807) is 0 Å². The largest absolute Gasteiger partial charge is 0.378 e. The van der Waals surface area contributed by atoms with Crippen LogP contribution in [-0.2, 0) is 4.74 Å². The van der Waals surface area contributed by atoms with Crippen LogP contribution in [0.3, 0.4) is 0 Å². The first-order valence-corrected chi connectivity index (χ1v) is 10.6. The fraction of sp³-hybridized carbons (Fsp3) is 0.190. The van der Waals surface area contributed by atoms with E-state index >= 15 is 0 Å². The number of benzene rings is 2. The predicted octanol–water partition coefficient (Wildman–Crippen LogP) is 5.41. The van der Waals surface area contributed by atoms with Gasteiger partial charge >= 0.3 is 0 Å². The van der Waals surface area contributed by atoms with Gasteiger partial charge in [0.15, 0.2) is 11.5 Å². The Morgan fingerprint density at radius 1 is 0.812 bits per heavy atom. The lowest BCUT2D eigenvalue weighted by Gasteiger charge is -2.28. The molecule has 3 heterocycles. The van der Waals surface area contributed by atoms with Gasteiger partial charge in [0.2, 0.25) is 11.9 Å². The number of imidazole rings is 1. The lowest BCUT2D eigenvalue weighted by atomic mass is 10.3. The molecule has 32 heavy (non-hydrogen) atoms. The minimum absolute atomic E-state index is 0. The van der Waals surface area contributed by atoms with E-state index in [1.807, 2.05) is 48.5 Å². The summed E-state index contributed by atoms with van der Waals surface area (Å²) in [4.78, 5) is 19.5. The molecule has 2 aromatic carbocycles. The molecular formula is C21H20Cl3N7O. The maximum atomic E-state index is 5.99. The lowest BCUT2D eigenvalue weighted by molar-refractivity contribution is 0.122. The first-order chi connectivity index (χ1) is 15.1. The normalized spacial score (nSPS) is 13.6. The molecule has 1 saturated heterocycles. The van der Waals surface area contributed by atoms with Crippen LogP contribution in [0.25, 0.3) is 11.2 Å². The first kappa shape index (κ1) is 22.4. The third-order valence-electron chi connectivity index (χ3n) is 4.85. The van der Waals surface area contributed by atoms with Crippen molar-refractivity contribution in [2.45, 2.75) is 0 Å². The van der Waals surface area contributed by atoms with Crippen LogP contribution < -0.4 is 15.5 Å². The lowest BCUT2D eigenvalue weighted by Crippen LogP contribution is -2.37. The van der Waals surface area contributed by atoms with Crippen molar-refractivity contribution in [2.24, 2.45) is 0 Å². The Bertz CT molecular complexity index is 1190. The second kappa shape index (κ2) is 9.79. The molecule has 1 aliphatic rings. The van der Waals surface area contributed by atoms with Crippen LogP contribution in [0.5, 0.6) is 0 Å². The van der Waals surface area contributed by atoms with Crippen molar-refractivity contribution in [1.29, 1.82) is 0 Å². The third kappa shape index (κ3) is 4.99. The van der Waals surface area contributed by atoms with E-state index in [0.29, 0.717) is 40.8 Å². The van der Waals surface area contributed by atoms with Gasteiger partial charge in [-0.15, -0.1) is 12.4 Å². The molecule has 0 bridgehead atoms. The fourth-order valence-electron chi connectivity index (χ4n) is 3.33. The molecule has 0 aliphatic carbocycles. The molecule has 8 nitrogen and oxygen atoms in total. The van der Waals surface area contributed by atoms with E-state index < -0.39 is 0 Å². The SMILES string of the molecule is Cl.Clc1ccc(Nc2nc(N3CCOCC3)c3[nH]c(Nc4ccc(Cl)cc4)nc3n2)cc1. The number of aromatic amines is 1. The van der Waals surface area contributed by atoms with E-state index in [0.717, 1.165) is 35.8 Å². The molecule has 11 heteroatoms. The number of rotatable bonds is 5. The molecule has 1 aliphatic heterocycles. The van der Waals surface area contributed by atoms with Crippen molar-refractivity contribution in [3.8, 4) is 0 Å². The molecule has 0 unspecified atom stereocenters. The Hall–Kier alpha value is -2.78. The summed E-state index contributed by atoms with van der Waals surface area (Å²) in [5, 5.41) is 7.84. The number of nitrogens with one attached hydrogen (secondary N) is 3. The van der Waals surface area contributed by atoms with Crippen molar-refractivity contribution in [3.63, 3.8) is 0 Å². The highest BCUT2D eigenvalue weighted by Crippen LogP contribution is 2.28. The minimum atomic E-state index is 0. The van der Waals surface area contributed by atoms with Crippen molar-refractivity contribution >= 4 is 75.9 Å². The Labute approximate surface area is 200 Å². The van der Waals surface area contributed by atoms with Crippen LogP contribution >= 0.6 is 35.6 Å². The number of nitrogens with zero attached hydrogens (tertiary/aromatic N) is 4. The minimum Gasteiger partial charge on any atom is -0.378 e. The molecule has 0 amide bonds. The van der Waals surface area contributed by atoms with Crippen LogP contribution in [0, 0.1) is 0 Å². The van der Waals surface area contributed by atoms with Gasteiger partial charge in [-0.3, -0.25) is 0 Å². The molecule has 2 aromatic heterocycles. The average molecular weight is 493 g/mol. The standard InChI is InChI=1S/C21H19Cl2N7O.ClH/c22-13-1-5-15(6-2-13)24-20-26-17-18(27-20)28-21(25-16-7-3-14(23)4-8-16)29-19(17)30-9-11-31-12-10-30;/h1-8H,9-12H2,(H3,24,25,26,27,28,29);1H. The molecule has 0 radical (unpaired) electrons. The number of fused-ring (bicyclic) bond motifs is 1. The smallest absolute Gasteiger partial charge is 0.231 e. The van der Waals surface area contributed by atoms with Gasteiger partial charge in [-0.05, 0) is 48.5 Å². The summed E-state index contributed by atoms with van der Waals surface area (Å²) in [5.74, 6) is 1.81. The molecule has 0 spiro atoms. The molecule has 5 rings (SSSR count). The topological polar surface area (TPSA) is 91.0 Å². The maximum absolute atomic E-state index is 5.99. The van der Waals surface area contributed by atoms with Crippen molar-refractivity contribution in [2.75, 3.05) is 41.8 Å². The highest BCUT2D eigenvalue weighted by atomic mass is 35.5. The monoisotopic (exact) mass is 491 g/mol. The number of halogens is 3. The van der Waals surface area contributed by atoms with Crippen LogP contribution in [0.2, 0.25) is 10.0 Å². The van der Waals surface area contributed by atoms with Gasteiger partial charge in [0.1, 0.15) is 5.52 Å². The Morgan fingerprint density at radius 3 is 2.03 bits per heavy atom. The van der Waals surface area contributed by atoms with Gasteiger partial charge in [-0.2, -0.15) is 15.0 Å². The number of H-pyrrole nitrogens is 1. The third-order valence-corrected chi connectivity index (χ3v) is 5.35. The number of morpholine rings is 1. The number of aromatic nitrogens is 4. The zero-order valence-electron chi connectivity index (χ0n) is 16.8. The van der Waals surface area contributed by atoms with Gasteiger partial charge < -0.3 is 25.3 Å². The molecule has 4 aromatic rings. The number of ether oxygens (including phenoxy) is 1. The van der Waals surface area contributed by atoms with Crippen LogP contribution in [0.1, 0.15) is 0 Å². The summed E-state index contributed by atoms with van der Waals surface area (Å²) in [6.07, 6.45) is 0. The zero-order valence-corrected chi connectivity index (χ0v) is 19.1. The number of anilines is 5. The van der Waals surface area contributed by atoms with Gasteiger partial charge in [0.05, 0.1) is 13.2 Å². The second-order valence-corrected chi connectivity index (χ2v) is 7.89. The summed E-state index contributed by atoms with van der Waals surface area (Å²) in [5.41, 5.74) is 3.03. The quantitative estimate of drug-likeness (QED) is 0.343. The van der Waals surface area contributed by atoms with Crippen LogP contribution in [-0.4, -0.2) is 46.2 Å². The highest BCUT2D eigenvalue weighted by Gasteiger charge is 2.20. The van der Waals surface area contributed by atoms with E-state index in [-0.39, 0.29) is 12.4 Å². The van der Waals surface area contributed by atoms with Crippen LogP contribution in [0.15, 0.2) is 48.5 Å². The first-order valence-electron chi connectivity index (χ1n) is 9.80. The van der Waals surface area contributed by atoms with Gasteiger partial charge in [0, 0.05) is 34.5 Å². The van der Waals surface area contributed by atoms with Crippen LogP contribution in [0.4, 0.5) is 29.1 Å². The van der Waals surface area contributed by atoms with E-state index in [9.17, 15) is 0 Å². The summed E-state index contributed by atoms with van der Waals surface area (Å²) in [6.45, 7) is 2.78. The Balaban J connectivity index is 0.00000245. The zero-order chi connectivity index (χ0) is 21.2. The Kier molecular flexibility index (Phi) is 6.86. The van der Waals surface area contributed by atoms with E-state index in [1.165, 1.54) is 0 Å². The molecule has 0 atom stereocenters. The van der Waals surface area contributed by atoms with Gasteiger partial charge in [0.25, 0.3) is 0 Å². The molecule has 166 valence electrons. The van der Waals surface area contributed by atoms with E-state index in [4.69, 9.17) is 32.9 Å². The van der Waals surface area contributed by atoms with Gasteiger partial charge in [-0.1, -0.05) is 23.2 Å². The number of hydrogen-bond acceptors (Lipinski definition) is 7. The molecular weight excluding hydrogens is 473 g/mol. The fourth-order valence-corrected chi connectivity index (χ4v) is 3.59. The Morgan fingerprint density at radius 2 is 1.41 bits per heavy atom. The number of hydrogen-bond donors (Lipinski definition) is 3. The molecule has 1 fully saturated rings. The molecule has 3 N–H and O–H groups in total. The van der Waals surface area contributed by atoms with Crippen molar-refractivity contribution < 1.29 is 4.74 Å². The average Bonchev–Trinajstić information content (AvgIpc) is 3.19. The maximum Gasteiger partial charge on any atom is 0.231 e. The van der Waals surface area contributed by atoms with Crippen molar-refractivity contribution in [1.82, 2.24) is 19.9 Å². The van der Waals surface area contributed by atoms with E-state index in [2.05, 4.69) is 30.5 Å². The van der Waals surface area contributed by atoms with Gasteiger partial charge in [-0.25, -0.2) is 0 Å². The summed E-state index contributed by atoms with van der Waals surface area (Å²) in [7, 11) is 0.